The molecule has 3 rings (SSSR count). The van der Waals surface area contributed by atoms with E-state index in [2.05, 4.69) is 4.98 Å². The quantitative estimate of drug-likeness (QED) is 0.671. The van der Waals surface area contributed by atoms with Gasteiger partial charge in [-0.1, -0.05) is 0 Å². The number of nitrogens with two attached hydrogens (primary N) is 1. The summed E-state index contributed by atoms with van der Waals surface area (Å²) in [6.45, 7) is 10.6. The lowest BCUT2D eigenvalue weighted by molar-refractivity contribution is 0.0543. The lowest BCUT2D eigenvalue weighted by atomic mass is 10.0. The smallest absolute Gasteiger partial charge is 0.266 e. The number of furan rings is 1. The number of hydrogen-bond acceptors (Lipinski definition) is 6. The SMILES string of the molecule is COCc1cc(C)nc2sc(C(=O)N(Cc3ccc(C)o3)C(C)(C)C)c(N)c12. The molecule has 0 aliphatic rings. The third-order valence-electron chi connectivity index (χ3n) is 4.57. The van der Waals surface area contributed by atoms with Crippen LogP contribution in [0.2, 0.25) is 0 Å². The van der Waals surface area contributed by atoms with Crippen LogP contribution in [0.4, 0.5) is 5.69 Å². The Labute approximate surface area is 169 Å². The second-order valence-electron chi connectivity index (χ2n) is 7.96. The minimum absolute atomic E-state index is 0.122. The number of rotatable bonds is 5. The predicted molar refractivity (Wildman–Crippen MR) is 113 cm³/mol. The molecule has 0 saturated carbocycles. The summed E-state index contributed by atoms with van der Waals surface area (Å²) in [6.07, 6.45) is 0. The fourth-order valence-electron chi connectivity index (χ4n) is 3.23. The molecule has 0 saturated heterocycles. The molecule has 0 unspecified atom stereocenters. The Morgan fingerprint density at radius 1 is 1.32 bits per heavy atom. The van der Waals surface area contributed by atoms with E-state index in [0.717, 1.165) is 33.0 Å². The van der Waals surface area contributed by atoms with Crippen LogP contribution in [0.3, 0.4) is 0 Å². The molecule has 0 bridgehead atoms. The first-order chi connectivity index (χ1) is 13.1. The zero-order valence-corrected chi connectivity index (χ0v) is 18.1. The topological polar surface area (TPSA) is 81.6 Å². The van der Waals surface area contributed by atoms with E-state index in [1.165, 1.54) is 11.3 Å². The van der Waals surface area contributed by atoms with Crippen LogP contribution in [-0.2, 0) is 17.9 Å². The number of thiophene rings is 1. The molecule has 0 aromatic carbocycles. The average molecular weight is 402 g/mol. The Morgan fingerprint density at radius 3 is 2.61 bits per heavy atom. The zero-order chi connectivity index (χ0) is 20.6. The van der Waals surface area contributed by atoms with Gasteiger partial charge in [-0.3, -0.25) is 4.79 Å². The second-order valence-corrected chi connectivity index (χ2v) is 8.95. The first kappa shape index (κ1) is 20.4. The van der Waals surface area contributed by atoms with Gasteiger partial charge < -0.3 is 19.8 Å². The second kappa shape index (κ2) is 7.56. The van der Waals surface area contributed by atoms with Gasteiger partial charge in [-0.15, -0.1) is 11.3 Å². The predicted octanol–water partition coefficient (Wildman–Crippen LogP) is 4.68. The van der Waals surface area contributed by atoms with E-state index in [0.29, 0.717) is 23.7 Å². The largest absolute Gasteiger partial charge is 0.464 e. The molecule has 0 atom stereocenters. The summed E-state index contributed by atoms with van der Waals surface area (Å²) in [4.78, 5) is 21.1. The standard InChI is InChI=1S/C21H27N3O3S/c1-12-9-14(11-26-6)16-17(22)18(28-19(16)23-12)20(25)24(21(3,4)5)10-15-8-7-13(2)27-15/h7-9H,10-11,22H2,1-6H3. The first-order valence-corrected chi connectivity index (χ1v) is 9.98. The van der Waals surface area contributed by atoms with Gasteiger partial charge in [0, 0.05) is 23.7 Å². The number of pyridine rings is 1. The highest BCUT2D eigenvalue weighted by Crippen LogP contribution is 2.37. The summed E-state index contributed by atoms with van der Waals surface area (Å²) < 4.78 is 11.0. The molecular weight excluding hydrogens is 374 g/mol. The maximum atomic E-state index is 13.5. The third kappa shape index (κ3) is 3.91. The summed E-state index contributed by atoms with van der Waals surface area (Å²) in [7, 11) is 1.64. The van der Waals surface area contributed by atoms with Gasteiger partial charge in [0.2, 0.25) is 0 Å². The average Bonchev–Trinajstić information content (AvgIpc) is 3.14. The highest BCUT2D eigenvalue weighted by molar-refractivity contribution is 7.21. The van der Waals surface area contributed by atoms with Gasteiger partial charge in [-0.2, -0.15) is 0 Å². The lowest BCUT2D eigenvalue weighted by Gasteiger charge is -2.35. The molecule has 3 aromatic heterocycles. The van der Waals surface area contributed by atoms with E-state index >= 15 is 0 Å². The fourth-order valence-corrected chi connectivity index (χ4v) is 4.36. The van der Waals surface area contributed by atoms with Crippen molar-refractivity contribution in [3.05, 3.63) is 45.9 Å². The van der Waals surface area contributed by atoms with E-state index in [-0.39, 0.29) is 5.91 Å². The van der Waals surface area contributed by atoms with Crippen molar-refractivity contribution < 1.29 is 13.9 Å². The molecule has 7 heteroatoms. The molecule has 28 heavy (non-hydrogen) atoms. The number of carbonyl (C=O) groups is 1. The summed E-state index contributed by atoms with van der Waals surface area (Å²) in [5, 5.41) is 0.809. The van der Waals surface area contributed by atoms with E-state index in [9.17, 15) is 4.79 Å². The molecule has 2 N–H and O–H groups in total. The Hall–Kier alpha value is -2.38. The number of nitrogen functional groups attached to an aromatic ring is 1. The molecule has 0 aliphatic heterocycles. The Morgan fingerprint density at radius 2 is 2.04 bits per heavy atom. The van der Waals surface area contributed by atoms with E-state index in [4.69, 9.17) is 14.9 Å². The van der Waals surface area contributed by atoms with E-state index in [1.807, 2.05) is 52.8 Å². The van der Waals surface area contributed by atoms with Gasteiger partial charge in [0.15, 0.2) is 0 Å². The number of aryl methyl sites for hydroxylation is 2. The maximum Gasteiger partial charge on any atom is 0.266 e. The Balaban J connectivity index is 2.07. The molecule has 3 aromatic rings. The summed E-state index contributed by atoms with van der Waals surface area (Å²) in [5.74, 6) is 1.44. The fraction of sp³-hybridized carbons (Fsp3) is 0.429. The molecule has 150 valence electrons. The van der Waals surface area contributed by atoms with Crippen LogP contribution in [0, 0.1) is 13.8 Å². The van der Waals surface area contributed by atoms with Crippen molar-refractivity contribution in [3.63, 3.8) is 0 Å². The van der Waals surface area contributed by atoms with Crippen molar-refractivity contribution >= 4 is 33.1 Å². The van der Waals surface area contributed by atoms with Crippen molar-refractivity contribution in [1.82, 2.24) is 9.88 Å². The summed E-state index contributed by atoms with van der Waals surface area (Å²) in [5.41, 5.74) is 8.33. The zero-order valence-electron chi connectivity index (χ0n) is 17.3. The lowest BCUT2D eigenvalue weighted by Crippen LogP contribution is -2.44. The molecule has 3 heterocycles. The Kier molecular flexibility index (Phi) is 5.50. The highest BCUT2D eigenvalue weighted by Gasteiger charge is 2.31. The van der Waals surface area contributed by atoms with Crippen LogP contribution in [-0.4, -0.2) is 28.4 Å². The van der Waals surface area contributed by atoms with Crippen LogP contribution in [0.25, 0.3) is 10.2 Å². The molecule has 6 nitrogen and oxygen atoms in total. The molecule has 0 radical (unpaired) electrons. The van der Waals surface area contributed by atoms with Crippen molar-refractivity contribution in [1.29, 1.82) is 0 Å². The van der Waals surface area contributed by atoms with Gasteiger partial charge in [0.25, 0.3) is 5.91 Å². The van der Waals surface area contributed by atoms with E-state index in [1.54, 1.807) is 12.0 Å². The van der Waals surface area contributed by atoms with Gasteiger partial charge in [-0.25, -0.2) is 4.98 Å². The first-order valence-electron chi connectivity index (χ1n) is 9.16. The van der Waals surface area contributed by atoms with Crippen LogP contribution in [0.15, 0.2) is 22.6 Å². The van der Waals surface area contributed by atoms with Gasteiger partial charge in [0.1, 0.15) is 21.2 Å². The summed E-state index contributed by atoms with van der Waals surface area (Å²) in [6, 6.07) is 5.76. The number of amides is 1. The van der Waals surface area contributed by atoms with Crippen molar-refractivity contribution in [2.75, 3.05) is 12.8 Å². The maximum absolute atomic E-state index is 13.5. The number of nitrogens with zero attached hydrogens (tertiary/aromatic N) is 2. The Bertz CT molecular complexity index is 1010. The normalized spacial score (nSPS) is 11.9. The number of aromatic nitrogens is 1. The molecule has 1 amide bonds. The monoisotopic (exact) mass is 401 g/mol. The highest BCUT2D eigenvalue weighted by atomic mass is 32.1. The van der Waals surface area contributed by atoms with Crippen LogP contribution in [0.1, 0.15) is 53.2 Å². The number of anilines is 1. The van der Waals surface area contributed by atoms with Crippen LogP contribution < -0.4 is 5.73 Å². The molecule has 0 fully saturated rings. The number of hydrogen-bond donors (Lipinski definition) is 1. The number of carbonyl (C=O) groups excluding carboxylic acids is 1. The van der Waals surface area contributed by atoms with Gasteiger partial charge in [-0.05, 0) is 58.4 Å². The summed E-state index contributed by atoms with van der Waals surface area (Å²) >= 11 is 1.33. The van der Waals surface area contributed by atoms with Crippen LogP contribution in [0.5, 0.6) is 0 Å². The molecular formula is C21H27N3O3S. The number of fused-ring (bicyclic) bond motifs is 1. The minimum Gasteiger partial charge on any atom is -0.464 e. The van der Waals surface area contributed by atoms with Gasteiger partial charge >= 0.3 is 0 Å². The number of methoxy groups -OCH3 is 1. The third-order valence-corrected chi connectivity index (χ3v) is 5.66. The van der Waals surface area contributed by atoms with Crippen molar-refractivity contribution in [2.24, 2.45) is 0 Å². The molecule has 0 aliphatic carbocycles. The molecule has 0 spiro atoms. The minimum atomic E-state index is -0.404. The van der Waals surface area contributed by atoms with Crippen LogP contribution >= 0.6 is 11.3 Å². The van der Waals surface area contributed by atoms with Crippen molar-refractivity contribution in [3.8, 4) is 0 Å². The van der Waals surface area contributed by atoms with Gasteiger partial charge in [0.05, 0.1) is 18.8 Å². The van der Waals surface area contributed by atoms with Crippen molar-refractivity contribution in [2.45, 2.75) is 53.3 Å². The number of ether oxygens (including phenoxy) is 1. The van der Waals surface area contributed by atoms with E-state index < -0.39 is 5.54 Å².